The third-order valence-corrected chi connectivity index (χ3v) is 5.10. The van der Waals surface area contributed by atoms with Gasteiger partial charge in [0.2, 0.25) is 6.79 Å². The second-order valence-corrected chi connectivity index (χ2v) is 6.97. The zero-order chi connectivity index (χ0) is 17.9. The largest absolute Gasteiger partial charge is 0.454 e. The highest BCUT2D eigenvalue weighted by Gasteiger charge is 2.27. The number of hydrogen-bond acceptors (Lipinski definition) is 3. The van der Waals surface area contributed by atoms with Crippen LogP contribution in [0.2, 0.25) is 0 Å². The molecular weight excluding hydrogens is 328 g/mol. The van der Waals surface area contributed by atoms with Gasteiger partial charge in [-0.15, -0.1) is 0 Å². The fourth-order valence-electron chi connectivity index (χ4n) is 3.66. The van der Waals surface area contributed by atoms with Crippen LogP contribution in [0.1, 0.15) is 42.9 Å². The molecule has 26 heavy (non-hydrogen) atoms. The lowest BCUT2D eigenvalue weighted by atomic mass is 10.00. The number of likely N-dealkylation sites (tertiary alicyclic amines) is 1. The van der Waals surface area contributed by atoms with Gasteiger partial charge in [-0.3, -0.25) is 0 Å². The van der Waals surface area contributed by atoms with Crippen LogP contribution < -0.4 is 14.8 Å². The minimum atomic E-state index is -0.0589. The summed E-state index contributed by atoms with van der Waals surface area (Å²) in [5, 5.41) is 3.03. The van der Waals surface area contributed by atoms with Gasteiger partial charge in [0.25, 0.3) is 0 Å². The third-order valence-electron chi connectivity index (χ3n) is 5.10. The molecule has 2 heterocycles. The monoisotopic (exact) mass is 352 g/mol. The Bertz CT molecular complexity index is 788. The summed E-state index contributed by atoms with van der Waals surface area (Å²) in [4.78, 5) is 15.0. The van der Waals surface area contributed by atoms with Gasteiger partial charge in [0.05, 0.1) is 6.04 Å². The maximum absolute atomic E-state index is 13.0. The summed E-state index contributed by atoms with van der Waals surface area (Å²) in [6, 6.07) is 14.1. The number of amides is 2. The first-order valence-electron chi connectivity index (χ1n) is 9.24. The Morgan fingerprint density at radius 3 is 2.69 bits per heavy atom. The van der Waals surface area contributed by atoms with E-state index in [-0.39, 0.29) is 18.9 Å². The van der Waals surface area contributed by atoms with Gasteiger partial charge in [-0.05, 0) is 37.5 Å². The molecule has 5 nitrogen and oxygen atoms in total. The van der Waals surface area contributed by atoms with Crippen LogP contribution in [-0.4, -0.2) is 24.3 Å². The van der Waals surface area contributed by atoms with E-state index in [4.69, 9.17) is 9.47 Å². The summed E-state index contributed by atoms with van der Waals surface area (Å²) < 4.78 is 10.7. The van der Waals surface area contributed by atoms with E-state index in [1.165, 1.54) is 11.1 Å². The lowest BCUT2D eigenvalue weighted by Crippen LogP contribution is -2.38. The zero-order valence-corrected chi connectivity index (χ0v) is 15.0. The molecule has 1 atom stereocenters. The summed E-state index contributed by atoms with van der Waals surface area (Å²) in [6.45, 7) is 3.09. The number of aryl methyl sites for hydroxylation is 1. The van der Waals surface area contributed by atoms with E-state index in [0.29, 0.717) is 5.75 Å². The Hall–Kier alpha value is -2.69. The van der Waals surface area contributed by atoms with Crippen LogP contribution in [0.3, 0.4) is 0 Å². The van der Waals surface area contributed by atoms with Crippen LogP contribution in [0.15, 0.2) is 42.5 Å². The van der Waals surface area contributed by atoms with Crippen molar-refractivity contribution in [1.82, 2.24) is 4.90 Å². The first-order chi connectivity index (χ1) is 12.7. The number of carbonyl (C=O) groups excluding carboxylic acids is 1. The minimum absolute atomic E-state index is 0.0589. The van der Waals surface area contributed by atoms with Crippen molar-refractivity contribution in [2.45, 2.75) is 38.6 Å². The summed E-state index contributed by atoms with van der Waals surface area (Å²) in [5.41, 5.74) is 3.17. The molecule has 136 valence electrons. The SMILES string of the molecule is Cc1ccc(C2CCCCCN2C(=O)Nc2ccc3c(c2)OCO3)cc1. The van der Waals surface area contributed by atoms with Gasteiger partial charge in [0, 0.05) is 18.3 Å². The van der Waals surface area contributed by atoms with Gasteiger partial charge in [-0.2, -0.15) is 0 Å². The maximum atomic E-state index is 13.0. The molecule has 1 saturated heterocycles. The lowest BCUT2D eigenvalue weighted by molar-refractivity contribution is 0.174. The molecule has 2 aromatic carbocycles. The molecule has 1 unspecified atom stereocenters. The first-order valence-corrected chi connectivity index (χ1v) is 9.24. The summed E-state index contributed by atoms with van der Waals surface area (Å²) >= 11 is 0. The second kappa shape index (κ2) is 7.28. The van der Waals surface area contributed by atoms with Crippen LogP contribution in [0.5, 0.6) is 11.5 Å². The molecule has 0 aromatic heterocycles. The van der Waals surface area contributed by atoms with Gasteiger partial charge < -0.3 is 19.7 Å². The van der Waals surface area contributed by atoms with E-state index in [0.717, 1.165) is 43.7 Å². The van der Waals surface area contributed by atoms with Crippen molar-refractivity contribution in [3.05, 3.63) is 53.6 Å². The number of rotatable bonds is 2. The Morgan fingerprint density at radius 1 is 1.04 bits per heavy atom. The molecule has 0 radical (unpaired) electrons. The fourth-order valence-corrected chi connectivity index (χ4v) is 3.66. The van der Waals surface area contributed by atoms with E-state index in [1.807, 2.05) is 23.1 Å². The molecule has 4 rings (SSSR count). The number of carbonyl (C=O) groups is 1. The van der Waals surface area contributed by atoms with Crippen molar-refractivity contribution in [3.8, 4) is 11.5 Å². The van der Waals surface area contributed by atoms with Crippen LogP contribution >= 0.6 is 0 Å². The van der Waals surface area contributed by atoms with Crippen LogP contribution in [0, 0.1) is 6.92 Å². The van der Waals surface area contributed by atoms with Gasteiger partial charge in [0.15, 0.2) is 11.5 Å². The molecule has 0 aliphatic carbocycles. The molecule has 0 bridgehead atoms. The van der Waals surface area contributed by atoms with E-state index in [2.05, 4.69) is 36.5 Å². The van der Waals surface area contributed by atoms with Gasteiger partial charge in [-0.25, -0.2) is 4.79 Å². The van der Waals surface area contributed by atoms with Gasteiger partial charge in [0.1, 0.15) is 0 Å². The molecule has 2 aliphatic rings. The maximum Gasteiger partial charge on any atom is 0.322 e. The summed E-state index contributed by atoms with van der Waals surface area (Å²) in [5.74, 6) is 1.39. The van der Waals surface area contributed by atoms with Gasteiger partial charge >= 0.3 is 6.03 Å². The molecule has 2 aliphatic heterocycles. The molecule has 5 heteroatoms. The Morgan fingerprint density at radius 2 is 1.85 bits per heavy atom. The predicted molar refractivity (Wildman–Crippen MR) is 101 cm³/mol. The number of hydrogen-bond donors (Lipinski definition) is 1. The van der Waals surface area contributed by atoms with Gasteiger partial charge in [-0.1, -0.05) is 42.7 Å². The van der Waals surface area contributed by atoms with Crippen molar-refractivity contribution in [2.24, 2.45) is 0 Å². The highest BCUT2D eigenvalue weighted by Crippen LogP contribution is 2.35. The number of benzene rings is 2. The molecule has 1 fully saturated rings. The van der Waals surface area contributed by atoms with E-state index in [1.54, 1.807) is 0 Å². The lowest BCUT2D eigenvalue weighted by Gasteiger charge is -2.30. The zero-order valence-electron chi connectivity index (χ0n) is 15.0. The quantitative estimate of drug-likeness (QED) is 0.838. The van der Waals surface area contributed by atoms with Crippen molar-refractivity contribution in [3.63, 3.8) is 0 Å². The number of anilines is 1. The molecular formula is C21H24N2O3. The smallest absolute Gasteiger partial charge is 0.322 e. The van der Waals surface area contributed by atoms with Crippen molar-refractivity contribution >= 4 is 11.7 Å². The molecule has 1 N–H and O–H groups in total. The molecule has 0 saturated carbocycles. The average Bonchev–Trinajstić information content (AvgIpc) is 2.97. The Balaban J connectivity index is 1.54. The second-order valence-electron chi connectivity index (χ2n) is 6.97. The molecule has 2 amide bonds. The Kier molecular flexibility index (Phi) is 4.69. The number of ether oxygens (including phenoxy) is 2. The minimum Gasteiger partial charge on any atom is -0.454 e. The molecule has 0 spiro atoms. The average molecular weight is 352 g/mol. The standard InChI is InChI=1S/C21H24N2O3/c1-15-6-8-16(9-7-15)18-5-3-2-4-12-23(18)21(24)22-17-10-11-19-20(13-17)26-14-25-19/h6-11,13,18H,2-5,12,14H2,1H3,(H,22,24). The fraction of sp³-hybridized carbons (Fsp3) is 0.381. The Labute approximate surface area is 153 Å². The normalized spacial score (nSPS) is 19.1. The van der Waals surface area contributed by atoms with Crippen LogP contribution in [0.4, 0.5) is 10.5 Å². The van der Waals surface area contributed by atoms with Crippen molar-refractivity contribution in [2.75, 3.05) is 18.7 Å². The number of nitrogens with zero attached hydrogens (tertiary/aromatic N) is 1. The summed E-state index contributed by atoms with van der Waals surface area (Å²) in [7, 11) is 0. The van der Waals surface area contributed by atoms with Crippen LogP contribution in [-0.2, 0) is 0 Å². The highest BCUT2D eigenvalue weighted by atomic mass is 16.7. The predicted octanol–water partition coefficient (Wildman–Crippen LogP) is 4.87. The number of urea groups is 1. The van der Waals surface area contributed by atoms with Crippen molar-refractivity contribution < 1.29 is 14.3 Å². The first kappa shape index (κ1) is 16.8. The molecule has 2 aromatic rings. The summed E-state index contributed by atoms with van der Waals surface area (Å²) in [6.07, 6.45) is 4.34. The van der Waals surface area contributed by atoms with Crippen LogP contribution in [0.25, 0.3) is 0 Å². The van der Waals surface area contributed by atoms with E-state index < -0.39 is 0 Å². The number of fused-ring (bicyclic) bond motifs is 1. The highest BCUT2D eigenvalue weighted by molar-refractivity contribution is 5.90. The number of nitrogens with one attached hydrogen (secondary N) is 1. The topological polar surface area (TPSA) is 50.8 Å². The van der Waals surface area contributed by atoms with Crippen molar-refractivity contribution in [1.29, 1.82) is 0 Å². The van der Waals surface area contributed by atoms with E-state index >= 15 is 0 Å². The third kappa shape index (κ3) is 3.47. The van der Waals surface area contributed by atoms with E-state index in [9.17, 15) is 4.79 Å².